The summed E-state index contributed by atoms with van der Waals surface area (Å²) in [6, 6.07) is 9.24. The van der Waals surface area contributed by atoms with Crippen molar-refractivity contribution < 1.29 is 9.53 Å². The molecule has 0 radical (unpaired) electrons. The van der Waals surface area contributed by atoms with Gasteiger partial charge < -0.3 is 10.5 Å². The predicted octanol–water partition coefficient (Wildman–Crippen LogP) is 1.99. The van der Waals surface area contributed by atoms with Gasteiger partial charge in [-0.05, 0) is 12.8 Å². The highest BCUT2D eigenvalue weighted by molar-refractivity contribution is 6.09. The number of amides is 1. The van der Waals surface area contributed by atoms with Crippen LogP contribution in [0.5, 0.6) is 0 Å². The van der Waals surface area contributed by atoms with E-state index in [1.54, 1.807) is 0 Å². The van der Waals surface area contributed by atoms with Gasteiger partial charge in [-0.1, -0.05) is 49.6 Å². The maximum Gasteiger partial charge on any atom is 0.228 e. The number of aliphatic imine (C=N–C) groups is 2. The predicted molar refractivity (Wildman–Crippen MR) is 94.0 cm³/mol. The number of ether oxygens (including phenoxy) is 1. The molecule has 1 saturated carbocycles. The SMILES string of the molecule is NC(=NC1=NC(COC2CCCCC2)CC(=O)N1)c1ccccc1. The molecule has 6 heteroatoms. The van der Waals surface area contributed by atoms with Crippen LogP contribution in [0.3, 0.4) is 0 Å². The zero-order chi connectivity index (χ0) is 16.8. The molecule has 3 N–H and O–H groups in total. The second-order valence-corrected chi connectivity index (χ2v) is 6.32. The summed E-state index contributed by atoms with van der Waals surface area (Å²) in [6.45, 7) is 0.461. The Morgan fingerprint density at radius 2 is 2.00 bits per heavy atom. The van der Waals surface area contributed by atoms with Gasteiger partial charge in [-0.25, -0.2) is 4.99 Å². The van der Waals surface area contributed by atoms with Crippen LogP contribution < -0.4 is 11.1 Å². The molecule has 1 fully saturated rings. The van der Waals surface area contributed by atoms with Crippen LogP contribution in [0.2, 0.25) is 0 Å². The van der Waals surface area contributed by atoms with Crippen molar-refractivity contribution in [2.75, 3.05) is 6.61 Å². The van der Waals surface area contributed by atoms with Gasteiger partial charge >= 0.3 is 0 Å². The molecule has 1 heterocycles. The Kier molecular flexibility index (Phi) is 5.59. The molecule has 2 aliphatic rings. The number of nitrogens with zero attached hydrogens (tertiary/aromatic N) is 2. The van der Waals surface area contributed by atoms with Crippen molar-refractivity contribution in [1.29, 1.82) is 0 Å². The fourth-order valence-corrected chi connectivity index (χ4v) is 3.06. The Morgan fingerprint density at radius 1 is 1.25 bits per heavy atom. The van der Waals surface area contributed by atoms with E-state index in [1.165, 1.54) is 19.3 Å². The lowest BCUT2D eigenvalue weighted by Gasteiger charge is -2.25. The molecule has 24 heavy (non-hydrogen) atoms. The Balaban J connectivity index is 1.63. The van der Waals surface area contributed by atoms with Gasteiger partial charge in [-0.15, -0.1) is 0 Å². The molecule has 0 saturated heterocycles. The molecule has 128 valence electrons. The molecule has 1 aliphatic carbocycles. The van der Waals surface area contributed by atoms with Crippen molar-refractivity contribution in [2.45, 2.75) is 50.7 Å². The van der Waals surface area contributed by atoms with E-state index in [-0.39, 0.29) is 17.9 Å². The zero-order valence-electron chi connectivity index (χ0n) is 13.8. The molecule has 1 aliphatic heterocycles. The maximum atomic E-state index is 11.9. The van der Waals surface area contributed by atoms with Crippen LogP contribution in [0.25, 0.3) is 0 Å². The van der Waals surface area contributed by atoms with Crippen LogP contribution in [0.15, 0.2) is 40.3 Å². The third-order valence-electron chi connectivity index (χ3n) is 4.35. The van der Waals surface area contributed by atoms with Crippen molar-refractivity contribution in [3.8, 4) is 0 Å². The van der Waals surface area contributed by atoms with Gasteiger partial charge in [-0.2, -0.15) is 4.99 Å². The molecule has 1 amide bonds. The number of nitrogens with two attached hydrogens (primary N) is 1. The molecule has 1 atom stereocenters. The highest BCUT2D eigenvalue weighted by Gasteiger charge is 2.23. The average molecular weight is 328 g/mol. The van der Waals surface area contributed by atoms with Crippen molar-refractivity contribution >= 4 is 17.7 Å². The van der Waals surface area contributed by atoms with E-state index in [9.17, 15) is 4.79 Å². The van der Waals surface area contributed by atoms with Crippen molar-refractivity contribution in [3.05, 3.63) is 35.9 Å². The number of amidine groups is 1. The van der Waals surface area contributed by atoms with Crippen LogP contribution in [-0.2, 0) is 9.53 Å². The molecular formula is C18H24N4O2. The fourth-order valence-electron chi connectivity index (χ4n) is 3.06. The lowest BCUT2D eigenvalue weighted by atomic mass is 9.98. The minimum Gasteiger partial charge on any atom is -0.383 e. The van der Waals surface area contributed by atoms with Gasteiger partial charge in [-0.3, -0.25) is 10.1 Å². The number of rotatable bonds is 4. The van der Waals surface area contributed by atoms with Crippen LogP contribution >= 0.6 is 0 Å². The van der Waals surface area contributed by atoms with Crippen molar-refractivity contribution in [3.63, 3.8) is 0 Å². The summed E-state index contributed by atoms with van der Waals surface area (Å²) >= 11 is 0. The number of carbonyl (C=O) groups excluding carboxylic acids is 1. The molecule has 3 rings (SSSR count). The van der Waals surface area contributed by atoms with E-state index < -0.39 is 0 Å². The number of benzene rings is 1. The Hall–Kier alpha value is -2.21. The summed E-state index contributed by atoms with van der Waals surface area (Å²) in [7, 11) is 0. The normalized spacial score (nSPS) is 22.8. The van der Waals surface area contributed by atoms with Gasteiger partial charge in [0.15, 0.2) is 0 Å². The maximum absolute atomic E-state index is 11.9. The second-order valence-electron chi connectivity index (χ2n) is 6.32. The van der Waals surface area contributed by atoms with Gasteiger partial charge in [0.1, 0.15) is 5.84 Å². The number of hydrogen-bond acceptors (Lipinski definition) is 4. The number of guanidine groups is 1. The molecule has 1 unspecified atom stereocenters. The quantitative estimate of drug-likeness (QED) is 0.654. The van der Waals surface area contributed by atoms with E-state index in [0.717, 1.165) is 18.4 Å². The van der Waals surface area contributed by atoms with E-state index >= 15 is 0 Å². The first-order chi connectivity index (χ1) is 11.7. The Labute approximate surface area is 142 Å². The summed E-state index contributed by atoms with van der Waals surface area (Å²) in [6.07, 6.45) is 6.59. The summed E-state index contributed by atoms with van der Waals surface area (Å²) < 4.78 is 5.94. The number of carbonyl (C=O) groups is 1. The lowest BCUT2D eigenvalue weighted by molar-refractivity contribution is -0.121. The summed E-state index contributed by atoms with van der Waals surface area (Å²) in [5, 5.41) is 2.67. The molecule has 1 aromatic carbocycles. The summed E-state index contributed by atoms with van der Waals surface area (Å²) in [5.74, 6) is 0.509. The van der Waals surface area contributed by atoms with Crippen LogP contribution in [0.1, 0.15) is 44.1 Å². The number of nitrogens with one attached hydrogen (secondary N) is 1. The smallest absolute Gasteiger partial charge is 0.228 e. The van der Waals surface area contributed by atoms with Gasteiger partial charge in [0, 0.05) is 5.56 Å². The average Bonchev–Trinajstić information content (AvgIpc) is 2.61. The highest BCUT2D eigenvalue weighted by Crippen LogP contribution is 2.21. The minimum absolute atomic E-state index is 0.0955. The first-order valence-electron chi connectivity index (χ1n) is 8.59. The third-order valence-corrected chi connectivity index (χ3v) is 4.35. The van der Waals surface area contributed by atoms with Crippen molar-refractivity contribution in [1.82, 2.24) is 5.32 Å². The first-order valence-corrected chi connectivity index (χ1v) is 8.59. The van der Waals surface area contributed by atoms with Gasteiger partial charge in [0.2, 0.25) is 11.9 Å². The lowest BCUT2D eigenvalue weighted by Crippen LogP contribution is -2.40. The van der Waals surface area contributed by atoms with Crippen LogP contribution in [0, 0.1) is 0 Å². The summed E-state index contributed by atoms with van der Waals surface area (Å²) in [4.78, 5) is 20.6. The van der Waals surface area contributed by atoms with Gasteiger partial charge in [0.25, 0.3) is 0 Å². The van der Waals surface area contributed by atoms with Crippen molar-refractivity contribution in [2.24, 2.45) is 15.7 Å². The van der Waals surface area contributed by atoms with E-state index in [0.29, 0.717) is 25.0 Å². The number of hydrogen-bond donors (Lipinski definition) is 2. The minimum atomic E-state index is -0.192. The van der Waals surface area contributed by atoms with Crippen LogP contribution in [0.4, 0.5) is 0 Å². The molecule has 0 aromatic heterocycles. The van der Waals surface area contributed by atoms with E-state index in [2.05, 4.69) is 15.3 Å². The highest BCUT2D eigenvalue weighted by atomic mass is 16.5. The standard InChI is InChI=1S/C18H24N4O2/c19-17(13-7-3-1-4-8-13)22-18-20-14(11-16(23)21-18)12-24-15-9-5-2-6-10-15/h1,3-4,7-8,14-15H,2,5-6,9-12H2,(H3,19,20,21,22,23). The molecule has 0 bridgehead atoms. The first kappa shape index (κ1) is 16.6. The third kappa shape index (κ3) is 4.64. The summed E-state index contributed by atoms with van der Waals surface area (Å²) in [5.41, 5.74) is 6.80. The molecule has 0 spiro atoms. The molecule has 6 nitrogen and oxygen atoms in total. The Morgan fingerprint density at radius 3 is 2.75 bits per heavy atom. The van der Waals surface area contributed by atoms with Crippen LogP contribution in [-0.4, -0.2) is 36.5 Å². The second kappa shape index (κ2) is 8.06. The fraction of sp³-hybridized carbons (Fsp3) is 0.500. The largest absolute Gasteiger partial charge is 0.383 e. The molecule has 1 aromatic rings. The Bertz CT molecular complexity index is 621. The van der Waals surface area contributed by atoms with E-state index in [1.807, 2.05) is 30.3 Å². The monoisotopic (exact) mass is 328 g/mol. The van der Waals surface area contributed by atoms with Gasteiger partial charge in [0.05, 0.1) is 25.2 Å². The molecular weight excluding hydrogens is 304 g/mol. The van der Waals surface area contributed by atoms with E-state index in [4.69, 9.17) is 10.5 Å². The topological polar surface area (TPSA) is 89.1 Å². The zero-order valence-corrected chi connectivity index (χ0v) is 13.8.